The third-order valence-electron chi connectivity index (χ3n) is 5.17. The quantitative estimate of drug-likeness (QED) is 0.0448. The number of hydrogen-bond acceptors (Lipinski definition) is 56. The molecule has 0 aliphatic carbocycles. The molecule has 0 aliphatic rings. The molecule has 0 heterocycles. The summed E-state index contributed by atoms with van der Waals surface area (Å²) in [6.07, 6.45) is -12.8. The average molecular weight is 1320 g/mol. The Morgan fingerprint density at radius 2 is 0.371 bits per heavy atom. The lowest BCUT2D eigenvalue weighted by Crippen LogP contribution is -2.75. The van der Waals surface area contributed by atoms with E-state index < -0.39 is 138 Å². The van der Waals surface area contributed by atoms with Crippen LogP contribution in [0.25, 0.3) is 0 Å². The van der Waals surface area contributed by atoms with E-state index in [1.165, 1.54) is 6.92 Å². The minimum absolute atomic E-state index is 0. The van der Waals surface area contributed by atoms with Gasteiger partial charge in [0.15, 0.2) is 29.6 Å². The highest BCUT2D eigenvalue weighted by molar-refractivity contribution is 5.75. The highest BCUT2D eigenvalue weighted by atomic mass is 16.7. The first-order chi connectivity index (χ1) is 37.9. The molecule has 0 fully saturated rings. The third kappa shape index (κ3) is 72.3. The van der Waals surface area contributed by atoms with Gasteiger partial charge in [0.1, 0.15) is 0 Å². The van der Waals surface area contributed by atoms with E-state index in [2.05, 4.69) is 65.6 Å². The Morgan fingerprint density at radius 1 is 0.225 bits per heavy atom. The van der Waals surface area contributed by atoms with E-state index in [1.807, 2.05) is 5.32 Å². The SMILES string of the molecule is CC(N)(N)OC(=O)NC(N)(N)N.N.NC(N)(N)N.NC(N)(N)NC(=O)OC(N)(N)NC(=O)OC(N)(N)N.NC(N)(N)NC(=O)OC(N)(N)NC(=O)OC(N)(N)NC(=O)OC(N)(N)N.NC(N)(N)NC(=O)OC(N)(NC(=O)OC(N)(N)N)NC(=O)OC(N)(N)N. The first-order valence-electron chi connectivity index (χ1n) is 21.2. The highest BCUT2D eigenvalue weighted by Gasteiger charge is 2.40. The first kappa shape index (κ1) is 92.1. The van der Waals surface area contributed by atoms with E-state index in [0.717, 1.165) is 0 Å². The summed E-state index contributed by atoms with van der Waals surface area (Å²) in [5.41, 5.74) is 187. The summed E-state index contributed by atoms with van der Waals surface area (Å²) in [7, 11) is 0. The largest absolute Gasteiger partial charge is 0.416 e. The van der Waals surface area contributed by atoms with Gasteiger partial charge in [0.25, 0.3) is 23.9 Å². The smallest absolute Gasteiger partial charge is 0.415 e. The van der Waals surface area contributed by atoms with Gasteiger partial charge in [0.05, 0.1) is 0 Å². The van der Waals surface area contributed by atoms with Gasteiger partial charge >= 0.3 is 78.7 Å². The van der Waals surface area contributed by atoms with Gasteiger partial charge in [-0.05, 0) is 0 Å². The molecule has 65 heteroatoms. The molecule has 0 atom stereocenters. The number of carbonyl (C=O) groups excluding carboxylic acids is 9. The van der Waals surface area contributed by atoms with Crippen LogP contribution in [0.4, 0.5) is 43.2 Å². The van der Waals surface area contributed by atoms with E-state index in [4.69, 9.17) is 189 Å². The zero-order chi connectivity index (χ0) is 71.9. The maximum absolute atomic E-state index is 11.6. The van der Waals surface area contributed by atoms with Crippen molar-refractivity contribution in [3.8, 4) is 0 Å². The third-order valence-corrected chi connectivity index (χ3v) is 5.17. The molecule has 0 aliphatic heterocycles. The van der Waals surface area contributed by atoms with Gasteiger partial charge in [0.2, 0.25) is 5.85 Å². The number of nitrogens with one attached hydrogen (secondary N) is 9. The van der Waals surface area contributed by atoms with Crippen LogP contribution in [0, 0.1) is 0 Å². The summed E-state index contributed by atoms with van der Waals surface area (Å²) >= 11 is 0. The van der Waals surface area contributed by atoms with Crippen molar-refractivity contribution in [2.45, 2.75) is 90.1 Å². The van der Waals surface area contributed by atoms with Crippen molar-refractivity contribution in [3.05, 3.63) is 0 Å². The number of amides is 9. The maximum atomic E-state index is 11.6. The van der Waals surface area contributed by atoms with E-state index >= 15 is 0 Å². The van der Waals surface area contributed by atoms with Gasteiger partial charge < -0.3 is 48.8 Å². The first-order valence-corrected chi connectivity index (χ1v) is 21.2. The van der Waals surface area contributed by atoms with Crippen LogP contribution in [0.5, 0.6) is 0 Å². The number of carbonyl (C=O) groups is 9. The van der Waals surface area contributed by atoms with Gasteiger partial charge in [-0.15, -0.1) is 0 Å². The van der Waals surface area contributed by atoms with Gasteiger partial charge in [-0.1, -0.05) is 0 Å². The Hall–Kier alpha value is -8.09. The van der Waals surface area contributed by atoms with E-state index in [9.17, 15) is 43.2 Å². The van der Waals surface area contributed by atoms with Crippen LogP contribution in [0.15, 0.2) is 0 Å². The summed E-state index contributed by atoms with van der Waals surface area (Å²) in [5.74, 6) is -31.7. The van der Waals surface area contributed by atoms with Crippen molar-refractivity contribution < 1.29 is 85.8 Å². The van der Waals surface area contributed by atoms with Crippen molar-refractivity contribution in [3.63, 3.8) is 0 Å². The molecule has 0 unspecified atom stereocenters. The van der Waals surface area contributed by atoms with Gasteiger partial charge in [-0.2, -0.15) is 0 Å². The summed E-state index contributed by atoms with van der Waals surface area (Å²) in [4.78, 5) is 102. The molecular formula is C24H89N47O18. The lowest BCUT2D eigenvalue weighted by Gasteiger charge is -2.32. The molecule has 0 radical (unpaired) electrons. The number of alkyl carbamates (subject to hydrolysis) is 9. The molecule has 89 heavy (non-hydrogen) atoms. The molecule has 0 bridgehead atoms. The normalized spacial score (nSPS) is 12.5. The van der Waals surface area contributed by atoms with Crippen molar-refractivity contribution in [1.29, 1.82) is 0 Å². The number of rotatable bonds is 18. The fourth-order valence-corrected chi connectivity index (χ4v) is 3.33. The predicted molar refractivity (Wildman–Crippen MR) is 290 cm³/mol. The predicted octanol–water partition coefficient (Wildman–Crippen LogP) is -27.3. The maximum Gasteiger partial charge on any atom is 0.416 e. The molecule has 0 saturated heterocycles. The van der Waals surface area contributed by atoms with Crippen LogP contribution in [-0.2, 0) is 42.6 Å². The zero-order valence-electron chi connectivity index (χ0n) is 46.4. The fraction of sp³-hybridized carbons (Fsp3) is 0.625. The summed E-state index contributed by atoms with van der Waals surface area (Å²) in [5, 5.41) is 15.2. The molecule has 0 rings (SSSR count). The summed E-state index contributed by atoms with van der Waals surface area (Å²) in [6, 6.07) is 0. The van der Waals surface area contributed by atoms with Gasteiger partial charge in [-0.25, -0.2) is 43.2 Å². The number of ether oxygens (including phenoxy) is 9. The molecule has 65 nitrogen and oxygen atoms in total. The Balaban J connectivity index is -0.000000258. The second-order valence-electron chi connectivity index (χ2n) is 17.1. The average Bonchev–Trinajstić information content (AvgIpc) is 3.05. The van der Waals surface area contributed by atoms with Gasteiger partial charge in [-0.3, -0.25) is 260 Å². The molecule has 0 aromatic heterocycles. The number of hydrogen-bond donors (Lipinski definition) is 47. The molecule has 86 N–H and O–H groups in total. The second-order valence-corrected chi connectivity index (χ2v) is 17.1. The van der Waals surface area contributed by atoms with Crippen molar-refractivity contribution in [1.82, 2.24) is 54.0 Å². The zero-order valence-corrected chi connectivity index (χ0v) is 46.4. The van der Waals surface area contributed by atoms with Crippen molar-refractivity contribution in [2.24, 2.45) is 212 Å². The standard InChI is InChI=1S/2C7H23N13O6.C5H18N10O4.C4H14N6O2.CH8N4.H3N/c8-4(9,10)18-1(21)25-7(16,17)20-3(23)26-6(14,15)19-2(22)24-5(11,12)13;8-4(9,10)18-1(21)26-7(17,19-2(22)24-5(11,12)13)20-3(23)25-6(14,15)16;6-3(7,8)14-1(16)19-5(12,13)15-2(17)18-4(9,10)11;1-3(5,6)12-2(11)10-4(7,8)9;2-1(3,4)5;/h2*8-17H2,(H,18,21)(H,19,22)(H,20,23);6-13H2,(H,14,16)(H,15,17);5-9H2,1H3,(H,10,11);2-5H2;1H3. The van der Waals surface area contributed by atoms with Crippen LogP contribution >= 0.6 is 0 Å². The topological polar surface area (TPSA) is 1340 Å². The lowest BCUT2D eigenvalue weighted by molar-refractivity contribution is -0.0579. The van der Waals surface area contributed by atoms with E-state index in [0.29, 0.717) is 0 Å². The summed E-state index contributed by atoms with van der Waals surface area (Å²) in [6.45, 7) is 1.28. The summed E-state index contributed by atoms with van der Waals surface area (Å²) < 4.78 is 38.8. The van der Waals surface area contributed by atoms with E-state index in [1.54, 1.807) is 42.5 Å². The monoisotopic (exact) mass is 1320 g/mol. The van der Waals surface area contributed by atoms with Crippen LogP contribution in [0.2, 0.25) is 0 Å². The molecule has 528 valence electrons. The Kier molecular flexibility index (Phi) is 35.2. The van der Waals surface area contributed by atoms with Crippen LogP contribution < -0.4 is 266 Å². The van der Waals surface area contributed by atoms with Crippen molar-refractivity contribution in [2.75, 3.05) is 0 Å². The Bertz CT molecular complexity index is 2080. The second kappa shape index (κ2) is 34.0. The van der Waals surface area contributed by atoms with E-state index in [-0.39, 0.29) is 6.15 Å². The fourth-order valence-electron chi connectivity index (χ4n) is 3.33. The minimum atomic E-state index is -2.89. The lowest BCUT2D eigenvalue weighted by atomic mass is 10.5. The minimum Gasteiger partial charge on any atom is -0.415 e. The van der Waals surface area contributed by atoms with Crippen LogP contribution in [0.3, 0.4) is 0 Å². The Morgan fingerprint density at radius 3 is 0.539 bits per heavy atom. The molecular weight excluding hydrogens is 1230 g/mol. The molecule has 0 aromatic carbocycles. The molecule has 9 amide bonds. The Labute approximate surface area is 496 Å². The molecule has 0 aromatic rings. The molecule has 0 saturated carbocycles. The molecule has 0 spiro atoms. The number of nitrogens with two attached hydrogens (primary N) is 37. The van der Waals surface area contributed by atoms with Crippen LogP contribution in [0.1, 0.15) is 6.92 Å². The van der Waals surface area contributed by atoms with Gasteiger partial charge in [0, 0.05) is 6.92 Å². The van der Waals surface area contributed by atoms with Crippen molar-refractivity contribution >= 4 is 54.8 Å². The highest BCUT2D eigenvalue weighted by Crippen LogP contribution is 2.02. The van der Waals surface area contributed by atoms with Crippen LogP contribution in [-0.4, -0.2) is 138 Å².